The van der Waals surface area contributed by atoms with Gasteiger partial charge < -0.3 is 9.47 Å². The molecule has 228 valence electrons. The van der Waals surface area contributed by atoms with Gasteiger partial charge in [-0.2, -0.15) is 4.31 Å². The van der Waals surface area contributed by atoms with Crippen LogP contribution in [0.25, 0.3) is 0 Å². The molecule has 1 saturated carbocycles. The van der Waals surface area contributed by atoms with Crippen LogP contribution in [0.3, 0.4) is 0 Å². The summed E-state index contributed by atoms with van der Waals surface area (Å²) in [7, 11) is -3.83. The first-order valence-corrected chi connectivity index (χ1v) is 17.5. The predicted octanol–water partition coefficient (Wildman–Crippen LogP) is 7.75. The van der Waals surface area contributed by atoms with Crippen molar-refractivity contribution in [1.82, 2.24) is 13.8 Å². The Morgan fingerprint density at radius 1 is 0.976 bits per heavy atom. The zero-order valence-corrected chi connectivity index (χ0v) is 28.0. The fourth-order valence-electron chi connectivity index (χ4n) is 5.66. The fourth-order valence-corrected chi connectivity index (χ4v) is 7.35. The van der Waals surface area contributed by atoms with E-state index < -0.39 is 10.0 Å². The predicted molar refractivity (Wildman–Crippen MR) is 174 cm³/mol. The summed E-state index contributed by atoms with van der Waals surface area (Å²) in [5.41, 5.74) is 3.24. The van der Waals surface area contributed by atoms with Crippen molar-refractivity contribution >= 4 is 31.9 Å². The molecular formula is C34H46BrN3O3S. The Kier molecular flexibility index (Phi) is 11.1. The lowest BCUT2D eigenvalue weighted by Crippen LogP contribution is -2.47. The Morgan fingerprint density at radius 2 is 1.64 bits per heavy atom. The average Bonchev–Trinajstić information content (AvgIpc) is 3.41. The minimum Gasteiger partial charge on any atom is -0.345 e. The topological polar surface area (TPSA) is 62.6 Å². The highest BCUT2D eigenvalue weighted by molar-refractivity contribution is 9.10. The number of carbonyl (C=O) groups excluding carboxylic acids is 1. The molecule has 0 saturated heterocycles. The minimum atomic E-state index is -3.83. The molecule has 0 unspecified atom stereocenters. The van der Waals surface area contributed by atoms with Gasteiger partial charge in [-0.25, -0.2) is 8.42 Å². The normalized spacial score (nSPS) is 14.8. The molecule has 0 aliphatic heterocycles. The van der Waals surface area contributed by atoms with Crippen molar-refractivity contribution in [3.63, 3.8) is 0 Å². The highest BCUT2D eigenvalue weighted by Gasteiger charge is 2.32. The van der Waals surface area contributed by atoms with Crippen molar-refractivity contribution in [2.45, 2.75) is 102 Å². The second kappa shape index (κ2) is 14.4. The number of rotatable bonds is 12. The Morgan fingerprint density at radius 3 is 2.26 bits per heavy atom. The van der Waals surface area contributed by atoms with E-state index in [1.54, 1.807) is 12.1 Å². The maximum Gasteiger partial charge on any atom is 0.243 e. The first kappa shape index (κ1) is 32.5. The van der Waals surface area contributed by atoms with Crippen LogP contribution in [0.2, 0.25) is 0 Å². The molecule has 1 aliphatic carbocycles. The van der Waals surface area contributed by atoms with Crippen LogP contribution in [0.5, 0.6) is 0 Å². The van der Waals surface area contributed by atoms with Crippen LogP contribution < -0.4 is 0 Å². The maximum atomic E-state index is 14.1. The third-order valence-electron chi connectivity index (χ3n) is 8.29. The van der Waals surface area contributed by atoms with Gasteiger partial charge in [-0.05, 0) is 72.2 Å². The van der Waals surface area contributed by atoms with Gasteiger partial charge in [-0.1, -0.05) is 93.6 Å². The molecule has 1 aliphatic rings. The largest absolute Gasteiger partial charge is 0.345 e. The van der Waals surface area contributed by atoms with Crippen LogP contribution in [-0.4, -0.2) is 47.2 Å². The van der Waals surface area contributed by atoms with Gasteiger partial charge in [0.1, 0.15) is 0 Å². The number of benzene rings is 2. The first-order valence-electron chi connectivity index (χ1n) is 15.3. The van der Waals surface area contributed by atoms with Crippen LogP contribution >= 0.6 is 15.9 Å². The van der Waals surface area contributed by atoms with E-state index in [9.17, 15) is 13.2 Å². The summed E-state index contributed by atoms with van der Waals surface area (Å²) in [6.07, 6.45) is 8.87. The molecule has 1 heterocycles. The zero-order chi connectivity index (χ0) is 30.3. The zero-order valence-electron chi connectivity index (χ0n) is 25.6. The molecule has 0 spiro atoms. The SMILES string of the molecule is CCCCN(CC(=O)N(Cc1cccn1Cc1ccc(Br)cc1)C1CCCCC1)S(=O)(=O)c1ccc(C(C)(C)C)cc1. The Hall–Kier alpha value is -2.42. The van der Waals surface area contributed by atoms with E-state index >= 15 is 0 Å². The molecule has 3 aromatic rings. The molecule has 0 N–H and O–H groups in total. The van der Waals surface area contributed by atoms with E-state index in [-0.39, 0.29) is 28.8 Å². The number of unbranched alkanes of at least 4 members (excludes halogenated alkanes) is 1. The summed E-state index contributed by atoms with van der Waals surface area (Å²) < 4.78 is 32.4. The quantitative estimate of drug-likeness (QED) is 0.200. The smallest absolute Gasteiger partial charge is 0.243 e. The van der Waals surface area contributed by atoms with Crippen LogP contribution in [0, 0.1) is 0 Å². The summed E-state index contributed by atoms with van der Waals surface area (Å²) in [4.78, 5) is 16.3. The molecule has 0 atom stereocenters. The molecule has 1 amide bonds. The number of aromatic nitrogens is 1. The second-order valence-electron chi connectivity index (χ2n) is 12.5. The second-order valence-corrected chi connectivity index (χ2v) is 15.4. The summed E-state index contributed by atoms with van der Waals surface area (Å²) in [6, 6.07) is 19.6. The van der Waals surface area contributed by atoms with Crippen LogP contribution in [-0.2, 0) is 33.3 Å². The van der Waals surface area contributed by atoms with Crippen LogP contribution in [0.15, 0.2) is 76.2 Å². The number of sulfonamides is 1. The monoisotopic (exact) mass is 655 g/mol. The van der Waals surface area contributed by atoms with Crippen molar-refractivity contribution in [3.8, 4) is 0 Å². The summed E-state index contributed by atoms with van der Waals surface area (Å²) in [5.74, 6) is -0.121. The molecule has 6 nitrogen and oxygen atoms in total. The fraction of sp³-hybridized carbons (Fsp3) is 0.500. The minimum absolute atomic E-state index is 0.0737. The van der Waals surface area contributed by atoms with Gasteiger partial charge in [-0.3, -0.25) is 4.79 Å². The van der Waals surface area contributed by atoms with E-state index in [1.807, 2.05) is 42.2 Å². The summed E-state index contributed by atoms with van der Waals surface area (Å²) >= 11 is 3.51. The summed E-state index contributed by atoms with van der Waals surface area (Å²) in [6.45, 7) is 9.72. The first-order chi connectivity index (χ1) is 20.0. The van der Waals surface area contributed by atoms with Gasteiger partial charge in [0.15, 0.2) is 0 Å². The number of amides is 1. The Bertz CT molecular complexity index is 1400. The molecule has 1 fully saturated rings. The lowest BCUT2D eigenvalue weighted by atomic mass is 9.87. The highest BCUT2D eigenvalue weighted by atomic mass is 79.9. The lowest BCUT2D eigenvalue weighted by Gasteiger charge is -2.36. The lowest BCUT2D eigenvalue weighted by molar-refractivity contribution is -0.135. The van der Waals surface area contributed by atoms with Crippen molar-refractivity contribution in [3.05, 3.63) is 88.2 Å². The number of carbonyl (C=O) groups is 1. The van der Waals surface area contributed by atoms with E-state index in [0.29, 0.717) is 26.1 Å². The highest BCUT2D eigenvalue weighted by Crippen LogP contribution is 2.27. The molecule has 0 radical (unpaired) electrons. The van der Waals surface area contributed by atoms with E-state index in [4.69, 9.17) is 0 Å². The van der Waals surface area contributed by atoms with Gasteiger partial charge >= 0.3 is 0 Å². The van der Waals surface area contributed by atoms with E-state index in [2.05, 4.69) is 65.7 Å². The summed E-state index contributed by atoms with van der Waals surface area (Å²) in [5, 5.41) is 0. The van der Waals surface area contributed by atoms with Crippen molar-refractivity contribution < 1.29 is 13.2 Å². The number of halogens is 1. The Balaban J connectivity index is 1.58. The maximum absolute atomic E-state index is 14.1. The van der Waals surface area contributed by atoms with Gasteiger partial charge in [-0.15, -0.1) is 0 Å². The van der Waals surface area contributed by atoms with E-state index in [1.165, 1.54) is 16.3 Å². The molecule has 1 aromatic heterocycles. The van der Waals surface area contributed by atoms with Crippen molar-refractivity contribution in [2.75, 3.05) is 13.1 Å². The molecule has 8 heteroatoms. The van der Waals surface area contributed by atoms with Gasteiger partial charge in [0.2, 0.25) is 15.9 Å². The van der Waals surface area contributed by atoms with Crippen LogP contribution in [0.4, 0.5) is 0 Å². The van der Waals surface area contributed by atoms with Gasteiger partial charge in [0.05, 0.1) is 18.0 Å². The van der Waals surface area contributed by atoms with Crippen molar-refractivity contribution in [2.24, 2.45) is 0 Å². The molecular weight excluding hydrogens is 610 g/mol. The molecule has 4 rings (SSSR count). The standard InChI is InChI=1S/C34H46BrN3O3S/c1-5-6-23-37(42(40,41)32-20-16-28(17-21-32)34(2,3)4)26-33(39)38(30-11-8-7-9-12-30)25-31-13-10-22-36(31)24-27-14-18-29(35)19-15-27/h10,13-22,30H,5-9,11-12,23-26H2,1-4H3. The molecule has 42 heavy (non-hydrogen) atoms. The molecule has 0 bridgehead atoms. The number of hydrogen-bond donors (Lipinski definition) is 0. The Labute approximate surface area is 261 Å². The average molecular weight is 657 g/mol. The number of hydrogen-bond acceptors (Lipinski definition) is 3. The van der Waals surface area contributed by atoms with Crippen molar-refractivity contribution in [1.29, 1.82) is 0 Å². The number of nitrogens with zero attached hydrogens (tertiary/aromatic N) is 3. The third-order valence-corrected chi connectivity index (χ3v) is 10.7. The van der Waals surface area contributed by atoms with Gasteiger partial charge in [0.25, 0.3) is 0 Å². The van der Waals surface area contributed by atoms with Crippen LogP contribution in [0.1, 0.15) is 89.5 Å². The van der Waals surface area contributed by atoms with Gasteiger partial charge in [0, 0.05) is 35.5 Å². The molecule has 2 aromatic carbocycles. The third kappa shape index (κ3) is 8.35. The van der Waals surface area contributed by atoms with E-state index in [0.717, 1.165) is 47.8 Å².